The van der Waals surface area contributed by atoms with Crippen LogP contribution in [-0.2, 0) is 4.79 Å². The Morgan fingerprint density at radius 1 is 1.29 bits per heavy atom. The molecular formula is C15H14BrFN2O2. The Morgan fingerprint density at radius 2 is 2.05 bits per heavy atom. The summed E-state index contributed by atoms with van der Waals surface area (Å²) in [4.78, 5) is 11.9. The second-order valence-electron chi connectivity index (χ2n) is 4.23. The molecule has 0 radical (unpaired) electrons. The van der Waals surface area contributed by atoms with Crippen molar-refractivity contribution in [3.63, 3.8) is 0 Å². The lowest BCUT2D eigenvalue weighted by atomic mass is 10.3. The van der Waals surface area contributed by atoms with Crippen molar-refractivity contribution < 1.29 is 13.9 Å². The number of benzene rings is 2. The summed E-state index contributed by atoms with van der Waals surface area (Å²) >= 11 is 3.09. The smallest absolute Gasteiger partial charge is 0.243 e. The second kappa shape index (κ2) is 7.08. The molecular weight excluding hydrogens is 339 g/mol. The first kappa shape index (κ1) is 15.3. The van der Waals surface area contributed by atoms with Crippen LogP contribution in [-0.4, -0.2) is 19.6 Å². The number of anilines is 2. The molecule has 2 aromatic carbocycles. The van der Waals surface area contributed by atoms with Crippen molar-refractivity contribution in [2.45, 2.75) is 0 Å². The van der Waals surface area contributed by atoms with Gasteiger partial charge in [-0.25, -0.2) is 4.39 Å². The van der Waals surface area contributed by atoms with Crippen LogP contribution in [0.3, 0.4) is 0 Å². The number of ether oxygens (including phenoxy) is 1. The topological polar surface area (TPSA) is 50.4 Å². The van der Waals surface area contributed by atoms with Gasteiger partial charge in [-0.1, -0.05) is 12.1 Å². The minimum absolute atomic E-state index is 0.0656. The van der Waals surface area contributed by atoms with Crippen LogP contribution in [0.5, 0.6) is 5.75 Å². The molecule has 0 aliphatic carbocycles. The van der Waals surface area contributed by atoms with Crippen LogP contribution in [0.4, 0.5) is 15.8 Å². The van der Waals surface area contributed by atoms with E-state index in [-0.39, 0.29) is 18.3 Å². The van der Waals surface area contributed by atoms with Gasteiger partial charge in [0, 0.05) is 5.69 Å². The molecule has 6 heteroatoms. The third kappa shape index (κ3) is 4.19. The van der Waals surface area contributed by atoms with Crippen LogP contribution >= 0.6 is 15.9 Å². The van der Waals surface area contributed by atoms with Gasteiger partial charge in [0.2, 0.25) is 5.91 Å². The minimum atomic E-state index is -0.348. The van der Waals surface area contributed by atoms with E-state index in [0.29, 0.717) is 21.6 Å². The van der Waals surface area contributed by atoms with Crippen molar-refractivity contribution >= 4 is 33.2 Å². The van der Waals surface area contributed by atoms with E-state index in [9.17, 15) is 9.18 Å². The van der Waals surface area contributed by atoms with Gasteiger partial charge in [0.1, 0.15) is 11.6 Å². The maximum atomic E-state index is 13.1. The third-order valence-corrected chi connectivity index (χ3v) is 3.36. The molecule has 2 aromatic rings. The van der Waals surface area contributed by atoms with E-state index in [1.54, 1.807) is 31.4 Å². The SMILES string of the molecule is COc1ccccc1NC(=O)CNc1ccc(F)c(Br)c1. The van der Waals surface area contributed by atoms with Crippen LogP contribution in [0.15, 0.2) is 46.9 Å². The highest BCUT2D eigenvalue weighted by molar-refractivity contribution is 9.10. The first-order chi connectivity index (χ1) is 10.1. The zero-order valence-electron chi connectivity index (χ0n) is 11.3. The summed E-state index contributed by atoms with van der Waals surface area (Å²) in [6.07, 6.45) is 0. The van der Waals surface area contributed by atoms with Crippen LogP contribution in [0.25, 0.3) is 0 Å². The highest BCUT2D eigenvalue weighted by Crippen LogP contribution is 2.23. The lowest BCUT2D eigenvalue weighted by molar-refractivity contribution is -0.114. The number of methoxy groups -OCH3 is 1. The molecule has 1 amide bonds. The molecule has 0 heterocycles. The van der Waals surface area contributed by atoms with E-state index in [1.807, 2.05) is 12.1 Å². The third-order valence-electron chi connectivity index (χ3n) is 2.75. The van der Waals surface area contributed by atoms with Gasteiger partial charge in [-0.2, -0.15) is 0 Å². The lowest BCUT2D eigenvalue weighted by Crippen LogP contribution is -2.22. The van der Waals surface area contributed by atoms with E-state index >= 15 is 0 Å². The summed E-state index contributed by atoms with van der Waals surface area (Å²) in [5.41, 5.74) is 1.26. The molecule has 0 fully saturated rings. The number of nitrogens with one attached hydrogen (secondary N) is 2. The molecule has 0 aliphatic heterocycles. The summed E-state index contributed by atoms with van der Waals surface area (Å²) in [6.45, 7) is 0.0656. The van der Waals surface area contributed by atoms with Crippen LogP contribution in [0, 0.1) is 5.82 Å². The summed E-state index contributed by atoms with van der Waals surface area (Å²) in [5.74, 6) is 0.0225. The molecule has 0 aliphatic rings. The first-order valence-electron chi connectivity index (χ1n) is 6.22. The van der Waals surface area contributed by atoms with E-state index < -0.39 is 0 Å². The van der Waals surface area contributed by atoms with E-state index in [1.165, 1.54) is 6.07 Å². The van der Waals surface area contributed by atoms with Gasteiger partial charge < -0.3 is 15.4 Å². The van der Waals surface area contributed by atoms with Gasteiger partial charge in [-0.15, -0.1) is 0 Å². The zero-order valence-corrected chi connectivity index (χ0v) is 12.9. The molecule has 2 rings (SSSR count). The van der Waals surface area contributed by atoms with Crippen molar-refractivity contribution in [3.05, 3.63) is 52.8 Å². The average molecular weight is 353 g/mol. The number of rotatable bonds is 5. The highest BCUT2D eigenvalue weighted by atomic mass is 79.9. The zero-order chi connectivity index (χ0) is 15.2. The predicted octanol–water partition coefficient (Wildman–Crippen LogP) is 3.65. The van der Waals surface area contributed by atoms with Crippen LogP contribution < -0.4 is 15.4 Å². The highest BCUT2D eigenvalue weighted by Gasteiger charge is 2.07. The van der Waals surface area contributed by atoms with Crippen LogP contribution in [0.2, 0.25) is 0 Å². The van der Waals surface area contributed by atoms with Crippen LogP contribution in [0.1, 0.15) is 0 Å². The van der Waals surface area contributed by atoms with Crippen molar-refractivity contribution in [2.75, 3.05) is 24.3 Å². The Bertz CT molecular complexity index is 649. The Hall–Kier alpha value is -2.08. The average Bonchev–Trinajstić information content (AvgIpc) is 2.49. The van der Waals surface area contributed by atoms with Gasteiger partial charge in [-0.05, 0) is 46.3 Å². The van der Waals surface area contributed by atoms with Crippen molar-refractivity contribution in [1.82, 2.24) is 0 Å². The fourth-order valence-corrected chi connectivity index (χ4v) is 2.11. The second-order valence-corrected chi connectivity index (χ2v) is 5.09. The Morgan fingerprint density at radius 3 is 2.76 bits per heavy atom. The first-order valence-corrected chi connectivity index (χ1v) is 7.01. The van der Waals surface area contributed by atoms with Crippen molar-refractivity contribution in [3.8, 4) is 5.75 Å². The van der Waals surface area contributed by atoms with E-state index in [0.717, 1.165) is 0 Å². The molecule has 0 aromatic heterocycles. The predicted molar refractivity (Wildman–Crippen MR) is 84.2 cm³/mol. The lowest BCUT2D eigenvalue weighted by Gasteiger charge is -2.11. The monoisotopic (exact) mass is 352 g/mol. The van der Waals surface area contributed by atoms with Crippen molar-refractivity contribution in [1.29, 1.82) is 0 Å². The summed E-state index contributed by atoms with van der Waals surface area (Å²) in [5, 5.41) is 5.67. The summed E-state index contributed by atoms with van der Waals surface area (Å²) < 4.78 is 18.6. The number of carbonyl (C=O) groups is 1. The maximum absolute atomic E-state index is 13.1. The molecule has 2 N–H and O–H groups in total. The Labute approximate surface area is 130 Å². The number of para-hydroxylation sites is 2. The van der Waals surface area contributed by atoms with Gasteiger partial charge in [0.25, 0.3) is 0 Å². The van der Waals surface area contributed by atoms with Gasteiger partial charge >= 0.3 is 0 Å². The molecule has 110 valence electrons. The summed E-state index contributed by atoms with van der Waals surface area (Å²) in [6, 6.07) is 11.6. The van der Waals surface area contributed by atoms with Crippen molar-refractivity contribution in [2.24, 2.45) is 0 Å². The van der Waals surface area contributed by atoms with E-state index in [2.05, 4.69) is 26.6 Å². The maximum Gasteiger partial charge on any atom is 0.243 e. The minimum Gasteiger partial charge on any atom is -0.495 e. The fraction of sp³-hybridized carbons (Fsp3) is 0.133. The number of amides is 1. The molecule has 0 saturated carbocycles. The molecule has 0 atom stereocenters. The number of halogens is 2. The largest absolute Gasteiger partial charge is 0.495 e. The van der Waals surface area contributed by atoms with E-state index in [4.69, 9.17) is 4.74 Å². The van der Waals surface area contributed by atoms with Gasteiger partial charge in [0.05, 0.1) is 23.8 Å². The van der Waals surface area contributed by atoms with Gasteiger partial charge in [0.15, 0.2) is 0 Å². The molecule has 0 unspecified atom stereocenters. The fourth-order valence-electron chi connectivity index (χ4n) is 1.73. The summed E-state index contributed by atoms with van der Waals surface area (Å²) in [7, 11) is 1.54. The molecule has 0 bridgehead atoms. The number of hydrogen-bond acceptors (Lipinski definition) is 3. The number of hydrogen-bond donors (Lipinski definition) is 2. The molecule has 0 spiro atoms. The molecule has 0 saturated heterocycles. The standard InChI is InChI=1S/C15H14BrFN2O2/c1-21-14-5-3-2-4-13(14)19-15(20)9-18-10-6-7-12(17)11(16)8-10/h2-8,18H,9H2,1H3,(H,19,20). The molecule has 4 nitrogen and oxygen atoms in total. The quantitative estimate of drug-likeness (QED) is 0.863. The van der Waals surface area contributed by atoms with Gasteiger partial charge in [-0.3, -0.25) is 4.79 Å². The molecule has 21 heavy (non-hydrogen) atoms. The normalized spacial score (nSPS) is 10.0. The number of carbonyl (C=O) groups excluding carboxylic acids is 1. The Balaban J connectivity index is 1.94. The Kier molecular flexibility index (Phi) is 5.16.